The van der Waals surface area contributed by atoms with Gasteiger partial charge in [0.15, 0.2) is 0 Å². The SMILES string of the molecule is COc1nc(C2(C)CC2)ccc1Br. The number of halogens is 1. The van der Waals surface area contributed by atoms with Gasteiger partial charge in [-0.05, 0) is 40.9 Å². The van der Waals surface area contributed by atoms with Crippen LogP contribution in [-0.4, -0.2) is 12.1 Å². The lowest BCUT2D eigenvalue weighted by molar-refractivity contribution is 0.392. The Morgan fingerprint density at radius 2 is 2.15 bits per heavy atom. The summed E-state index contributed by atoms with van der Waals surface area (Å²) in [6, 6.07) is 4.07. The van der Waals surface area contributed by atoms with E-state index < -0.39 is 0 Å². The van der Waals surface area contributed by atoms with Crippen molar-refractivity contribution < 1.29 is 4.74 Å². The largest absolute Gasteiger partial charge is 0.480 e. The highest BCUT2D eigenvalue weighted by atomic mass is 79.9. The maximum atomic E-state index is 5.15. The molecule has 1 aromatic rings. The Morgan fingerprint density at radius 1 is 1.46 bits per heavy atom. The molecule has 0 N–H and O–H groups in total. The first kappa shape index (κ1) is 9.00. The summed E-state index contributed by atoms with van der Waals surface area (Å²) >= 11 is 3.39. The quantitative estimate of drug-likeness (QED) is 0.795. The van der Waals surface area contributed by atoms with Crippen LogP contribution < -0.4 is 4.74 Å². The minimum absolute atomic E-state index is 0.313. The molecule has 2 rings (SSSR count). The van der Waals surface area contributed by atoms with Gasteiger partial charge in [-0.15, -0.1) is 0 Å². The molecule has 1 aliphatic carbocycles. The molecule has 0 spiro atoms. The van der Waals surface area contributed by atoms with Crippen LogP contribution in [0.5, 0.6) is 5.88 Å². The van der Waals surface area contributed by atoms with Gasteiger partial charge in [0.05, 0.1) is 17.3 Å². The molecule has 0 amide bonds. The number of hydrogen-bond donors (Lipinski definition) is 0. The third-order valence-corrected chi connectivity index (χ3v) is 3.23. The number of rotatable bonds is 2. The van der Waals surface area contributed by atoms with E-state index in [0.29, 0.717) is 11.3 Å². The van der Waals surface area contributed by atoms with E-state index in [-0.39, 0.29) is 0 Å². The fourth-order valence-corrected chi connectivity index (χ4v) is 1.73. The third kappa shape index (κ3) is 1.57. The zero-order chi connectivity index (χ0) is 9.47. The summed E-state index contributed by atoms with van der Waals surface area (Å²) in [6.07, 6.45) is 2.48. The first-order chi connectivity index (χ1) is 6.15. The average molecular weight is 242 g/mol. The fraction of sp³-hybridized carbons (Fsp3) is 0.500. The molecule has 0 saturated heterocycles. The van der Waals surface area contributed by atoms with Gasteiger partial charge in [0.25, 0.3) is 0 Å². The molecule has 1 saturated carbocycles. The standard InChI is InChI=1S/C10H12BrNO/c1-10(5-6-10)8-4-3-7(11)9(12-8)13-2/h3-4H,5-6H2,1-2H3. The zero-order valence-corrected chi connectivity index (χ0v) is 9.39. The van der Waals surface area contributed by atoms with Gasteiger partial charge in [0.2, 0.25) is 5.88 Å². The fourth-order valence-electron chi connectivity index (χ4n) is 1.35. The van der Waals surface area contributed by atoms with Crippen LogP contribution in [0.3, 0.4) is 0 Å². The lowest BCUT2D eigenvalue weighted by Gasteiger charge is -2.09. The van der Waals surface area contributed by atoms with E-state index in [9.17, 15) is 0 Å². The highest BCUT2D eigenvalue weighted by Gasteiger charge is 2.40. The summed E-state index contributed by atoms with van der Waals surface area (Å²) < 4.78 is 6.07. The number of hydrogen-bond acceptors (Lipinski definition) is 2. The van der Waals surface area contributed by atoms with Crippen LogP contribution >= 0.6 is 15.9 Å². The lowest BCUT2D eigenvalue weighted by Crippen LogP contribution is -2.04. The topological polar surface area (TPSA) is 22.1 Å². The van der Waals surface area contributed by atoms with Crippen molar-refractivity contribution in [3.8, 4) is 5.88 Å². The summed E-state index contributed by atoms with van der Waals surface area (Å²) in [7, 11) is 1.64. The molecule has 0 aromatic carbocycles. The average Bonchev–Trinajstić information content (AvgIpc) is 2.86. The summed E-state index contributed by atoms with van der Waals surface area (Å²) in [5, 5.41) is 0. The van der Waals surface area contributed by atoms with Crippen LogP contribution in [0.4, 0.5) is 0 Å². The monoisotopic (exact) mass is 241 g/mol. The Balaban J connectivity index is 2.39. The predicted octanol–water partition coefficient (Wildman–Crippen LogP) is 2.90. The van der Waals surface area contributed by atoms with Gasteiger partial charge < -0.3 is 4.74 Å². The Bertz CT molecular complexity index is 334. The second kappa shape index (κ2) is 2.98. The number of nitrogens with zero attached hydrogens (tertiary/aromatic N) is 1. The van der Waals surface area contributed by atoms with Crippen molar-refractivity contribution in [3.63, 3.8) is 0 Å². The van der Waals surface area contributed by atoms with E-state index in [4.69, 9.17) is 4.74 Å². The number of methoxy groups -OCH3 is 1. The Hall–Kier alpha value is -0.570. The van der Waals surface area contributed by atoms with Gasteiger partial charge in [-0.3, -0.25) is 0 Å². The zero-order valence-electron chi connectivity index (χ0n) is 7.80. The van der Waals surface area contributed by atoms with Gasteiger partial charge in [0, 0.05) is 5.41 Å². The summed E-state index contributed by atoms with van der Waals surface area (Å²) in [4.78, 5) is 4.46. The number of aromatic nitrogens is 1. The molecule has 0 bridgehead atoms. The Morgan fingerprint density at radius 3 is 2.69 bits per heavy atom. The Kier molecular flexibility index (Phi) is 2.06. The molecule has 0 aliphatic heterocycles. The molecular formula is C10H12BrNO. The van der Waals surface area contributed by atoms with Gasteiger partial charge >= 0.3 is 0 Å². The number of pyridine rings is 1. The van der Waals surface area contributed by atoms with Crippen molar-refractivity contribution in [2.45, 2.75) is 25.2 Å². The van der Waals surface area contributed by atoms with E-state index in [1.54, 1.807) is 7.11 Å². The first-order valence-corrected chi connectivity index (χ1v) is 5.16. The Labute approximate surface area is 86.5 Å². The highest BCUT2D eigenvalue weighted by Crippen LogP contribution is 2.47. The molecule has 13 heavy (non-hydrogen) atoms. The maximum absolute atomic E-state index is 5.15. The molecule has 0 unspecified atom stereocenters. The van der Waals surface area contributed by atoms with E-state index >= 15 is 0 Å². The van der Waals surface area contributed by atoms with Crippen LogP contribution in [0, 0.1) is 0 Å². The van der Waals surface area contributed by atoms with E-state index in [0.717, 1.165) is 10.2 Å². The summed E-state index contributed by atoms with van der Waals surface area (Å²) in [5.74, 6) is 0.686. The molecule has 1 heterocycles. The molecule has 3 heteroatoms. The van der Waals surface area contributed by atoms with Crippen LogP contribution in [0.2, 0.25) is 0 Å². The van der Waals surface area contributed by atoms with E-state index in [2.05, 4.69) is 33.9 Å². The number of ether oxygens (including phenoxy) is 1. The minimum Gasteiger partial charge on any atom is -0.480 e. The first-order valence-electron chi connectivity index (χ1n) is 4.37. The molecular weight excluding hydrogens is 230 g/mol. The predicted molar refractivity (Wildman–Crippen MR) is 55.1 cm³/mol. The second-order valence-corrected chi connectivity index (χ2v) is 4.60. The molecule has 1 aromatic heterocycles. The summed E-state index contributed by atoms with van der Waals surface area (Å²) in [6.45, 7) is 2.24. The highest BCUT2D eigenvalue weighted by molar-refractivity contribution is 9.10. The minimum atomic E-state index is 0.313. The van der Waals surface area contributed by atoms with Crippen molar-refractivity contribution in [3.05, 3.63) is 22.3 Å². The molecule has 70 valence electrons. The van der Waals surface area contributed by atoms with Crippen molar-refractivity contribution in [2.75, 3.05) is 7.11 Å². The molecule has 1 aliphatic rings. The molecule has 0 radical (unpaired) electrons. The lowest BCUT2D eigenvalue weighted by atomic mass is 10.1. The maximum Gasteiger partial charge on any atom is 0.227 e. The van der Waals surface area contributed by atoms with Crippen molar-refractivity contribution >= 4 is 15.9 Å². The van der Waals surface area contributed by atoms with E-state index in [1.165, 1.54) is 12.8 Å². The molecule has 0 atom stereocenters. The van der Waals surface area contributed by atoms with Crippen LogP contribution in [0.25, 0.3) is 0 Å². The smallest absolute Gasteiger partial charge is 0.227 e. The van der Waals surface area contributed by atoms with Crippen LogP contribution in [-0.2, 0) is 5.41 Å². The van der Waals surface area contributed by atoms with Crippen molar-refractivity contribution in [1.29, 1.82) is 0 Å². The third-order valence-electron chi connectivity index (χ3n) is 2.63. The van der Waals surface area contributed by atoms with Gasteiger partial charge in [-0.25, -0.2) is 4.98 Å². The van der Waals surface area contributed by atoms with Gasteiger partial charge in [-0.2, -0.15) is 0 Å². The van der Waals surface area contributed by atoms with Crippen molar-refractivity contribution in [1.82, 2.24) is 4.98 Å². The second-order valence-electron chi connectivity index (χ2n) is 3.75. The van der Waals surface area contributed by atoms with Crippen LogP contribution in [0.15, 0.2) is 16.6 Å². The van der Waals surface area contributed by atoms with Crippen LogP contribution in [0.1, 0.15) is 25.5 Å². The van der Waals surface area contributed by atoms with E-state index in [1.807, 2.05) is 6.07 Å². The normalized spacial score (nSPS) is 18.4. The van der Waals surface area contributed by atoms with Gasteiger partial charge in [0.1, 0.15) is 0 Å². The van der Waals surface area contributed by atoms with Gasteiger partial charge in [-0.1, -0.05) is 6.92 Å². The van der Waals surface area contributed by atoms with Crippen molar-refractivity contribution in [2.24, 2.45) is 0 Å². The molecule has 1 fully saturated rings. The summed E-state index contributed by atoms with van der Waals surface area (Å²) in [5.41, 5.74) is 1.46. The molecule has 2 nitrogen and oxygen atoms in total.